The number of carbonyl (C=O) groups excluding carboxylic acids is 1. The molecule has 1 amide bonds. The van der Waals surface area contributed by atoms with Crippen LogP contribution in [0, 0.1) is 3.57 Å². The van der Waals surface area contributed by atoms with E-state index in [0.717, 1.165) is 3.57 Å². The minimum atomic E-state index is -0.246. The van der Waals surface area contributed by atoms with E-state index in [1.807, 2.05) is 0 Å². The molecule has 2 N–H and O–H groups in total. The number of amides is 1. The van der Waals surface area contributed by atoms with Crippen molar-refractivity contribution in [2.75, 3.05) is 27.4 Å². The molecular formula is C11H14INO4. The lowest BCUT2D eigenvalue weighted by Crippen LogP contribution is -2.27. The highest BCUT2D eigenvalue weighted by molar-refractivity contribution is 14.1. The Hall–Kier alpha value is -1.02. The number of aliphatic hydroxyl groups excluding tert-OH is 1. The van der Waals surface area contributed by atoms with Crippen LogP contribution in [0.5, 0.6) is 11.5 Å². The van der Waals surface area contributed by atoms with Crippen molar-refractivity contribution in [3.63, 3.8) is 0 Å². The van der Waals surface area contributed by atoms with Gasteiger partial charge in [0.25, 0.3) is 5.91 Å². The highest BCUT2D eigenvalue weighted by Gasteiger charge is 2.14. The van der Waals surface area contributed by atoms with Crippen LogP contribution in [-0.2, 0) is 0 Å². The van der Waals surface area contributed by atoms with Gasteiger partial charge in [0, 0.05) is 10.1 Å². The summed E-state index contributed by atoms with van der Waals surface area (Å²) in [5.41, 5.74) is 0.497. The van der Waals surface area contributed by atoms with E-state index in [2.05, 4.69) is 27.9 Å². The molecule has 0 fully saturated rings. The maximum atomic E-state index is 11.8. The van der Waals surface area contributed by atoms with Crippen LogP contribution in [0.15, 0.2) is 12.1 Å². The molecule has 1 aromatic rings. The number of hydrogen-bond acceptors (Lipinski definition) is 4. The van der Waals surface area contributed by atoms with Crippen molar-refractivity contribution in [1.29, 1.82) is 0 Å². The van der Waals surface area contributed by atoms with E-state index >= 15 is 0 Å². The summed E-state index contributed by atoms with van der Waals surface area (Å²) < 4.78 is 11.0. The van der Waals surface area contributed by atoms with Crippen molar-refractivity contribution >= 4 is 28.5 Å². The van der Waals surface area contributed by atoms with Gasteiger partial charge >= 0.3 is 0 Å². The number of methoxy groups -OCH3 is 2. The molecule has 0 saturated heterocycles. The number of halogens is 1. The first-order chi connectivity index (χ1) is 8.13. The molecule has 1 aromatic carbocycles. The number of hydrogen-bond donors (Lipinski definition) is 2. The van der Waals surface area contributed by atoms with E-state index in [9.17, 15) is 4.79 Å². The predicted molar refractivity (Wildman–Crippen MR) is 71.7 cm³/mol. The number of aliphatic hydroxyl groups is 1. The van der Waals surface area contributed by atoms with Crippen LogP contribution in [-0.4, -0.2) is 38.4 Å². The van der Waals surface area contributed by atoms with Gasteiger partial charge in [-0.15, -0.1) is 0 Å². The normalized spacial score (nSPS) is 9.88. The minimum Gasteiger partial charge on any atom is -0.493 e. The maximum Gasteiger partial charge on any atom is 0.252 e. The van der Waals surface area contributed by atoms with Crippen LogP contribution < -0.4 is 14.8 Å². The fraction of sp³-hybridized carbons (Fsp3) is 0.364. The molecule has 0 aliphatic heterocycles. The Morgan fingerprint density at radius 3 is 2.47 bits per heavy atom. The van der Waals surface area contributed by atoms with Crippen LogP contribution >= 0.6 is 22.6 Å². The highest BCUT2D eigenvalue weighted by Crippen LogP contribution is 2.31. The Bertz CT molecular complexity index is 409. The number of ether oxygens (including phenoxy) is 2. The Labute approximate surface area is 113 Å². The van der Waals surface area contributed by atoms with Gasteiger partial charge in [-0.3, -0.25) is 4.79 Å². The molecule has 0 atom stereocenters. The number of nitrogens with one attached hydrogen (secondary N) is 1. The van der Waals surface area contributed by atoms with E-state index < -0.39 is 0 Å². The molecule has 6 heteroatoms. The smallest absolute Gasteiger partial charge is 0.252 e. The molecule has 0 bridgehead atoms. The van der Waals surface area contributed by atoms with Crippen LogP contribution in [0.25, 0.3) is 0 Å². The molecule has 17 heavy (non-hydrogen) atoms. The average molecular weight is 351 g/mol. The van der Waals surface area contributed by atoms with Gasteiger partial charge in [-0.05, 0) is 34.7 Å². The zero-order valence-corrected chi connectivity index (χ0v) is 11.8. The van der Waals surface area contributed by atoms with Gasteiger partial charge in [-0.1, -0.05) is 0 Å². The summed E-state index contributed by atoms with van der Waals surface area (Å²) in [5, 5.41) is 11.2. The second kappa shape index (κ2) is 6.65. The molecule has 0 spiro atoms. The van der Waals surface area contributed by atoms with Crippen molar-refractivity contribution in [3.05, 3.63) is 21.3 Å². The number of carbonyl (C=O) groups is 1. The Morgan fingerprint density at radius 1 is 1.35 bits per heavy atom. The predicted octanol–water partition coefficient (Wildman–Crippen LogP) is 1.03. The van der Waals surface area contributed by atoms with Crippen molar-refractivity contribution < 1.29 is 19.4 Å². The van der Waals surface area contributed by atoms with Gasteiger partial charge in [0.1, 0.15) is 0 Å². The first-order valence-electron chi connectivity index (χ1n) is 4.94. The Morgan fingerprint density at radius 2 is 1.94 bits per heavy atom. The molecule has 0 heterocycles. The van der Waals surface area contributed by atoms with Gasteiger partial charge in [0.05, 0.1) is 26.4 Å². The van der Waals surface area contributed by atoms with Crippen molar-refractivity contribution in [1.82, 2.24) is 5.32 Å². The van der Waals surface area contributed by atoms with Gasteiger partial charge in [0.2, 0.25) is 0 Å². The molecule has 5 nitrogen and oxygen atoms in total. The summed E-state index contributed by atoms with van der Waals surface area (Å²) >= 11 is 2.05. The summed E-state index contributed by atoms with van der Waals surface area (Å²) in [4.78, 5) is 11.8. The summed E-state index contributed by atoms with van der Waals surface area (Å²) in [6.45, 7) is 0.138. The third-order valence-corrected chi connectivity index (χ3v) is 3.01. The van der Waals surface area contributed by atoms with Crippen molar-refractivity contribution in [3.8, 4) is 11.5 Å². The Kier molecular flexibility index (Phi) is 5.49. The Balaban J connectivity index is 3.03. The van der Waals surface area contributed by atoms with Crippen LogP contribution in [0.3, 0.4) is 0 Å². The lowest BCUT2D eigenvalue weighted by atomic mass is 10.2. The zero-order chi connectivity index (χ0) is 12.8. The van der Waals surface area contributed by atoms with E-state index in [0.29, 0.717) is 17.1 Å². The lowest BCUT2D eigenvalue weighted by Gasteiger charge is -2.11. The summed E-state index contributed by atoms with van der Waals surface area (Å²) in [7, 11) is 3.06. The van der Waals surface area contributed by atoms with Gasteiger partial charge < -0.3 is 19.9 Å². The summed E-state index contributed by atoms with van der Waals surface area (Å²) in [6, 6.07) is 3.35. The SMILES string of the molecule is COc1cc(I)c(C(=O)NCCO)cc1OC. The van der Waals surface area contributed by atoms with Crippen LogP contribution in [0.4, 0.5) is 0 Å². The molecule has 94 valence electrons. The van der Waals surface area contributed by atoms with Crippen LogP contribution in [0.1, 0.15) is 10.4 Å². The first kappa shape index (κ1) is 14.0. The summed E-state index contributed by atoms with van der Waals surface area (Å²) in [5.74, 6) is 0.835. The molecule has 0 radical (unpaired) electrons. The molecule has 0 aromatic heterocycles. The lowest BCUT2D eigenvalue weighted by molar-refractivity contribution is 0.0943. The van der Waals surface area contributed by atoms with E-state index in [-0.39, 0.29) is 19.1 Å². The molecular weight excluding hydrogens is 337 g/mol. The monoisotopic (exact) mass is 351 g/mol. The largest absolute Gasteiger partial charge is 0.493 e. The summed E-state index contributed by atoms with van der Waals surface area (Å²) in [6.07, 6.45) is 0. The van der Waals surface area contributed by atoms with Crippen LogP contribution in [0.2, 0.25) is 0 Å². The fourth-order valence-electron chi connectivity index (χ4n) is 1.29. The molecule has 0 saturated carbocycles. The van der Waals surface area contributed by atoms with Gasteiger partial charge in [-0.25, -0.2) is 0 Å². The maximum absolute atomic E-state index is 11.8. The topological polar surface area (TPSA) is 67.8 Å². The first-order valence-corrected chi connectivity index (χ1v) is 6.02. The highest BCUT2D eigenvalue weighted by atomic mass is 127. The number of benzene rings is 1. The zero-order valence-electron chi connectivity index (χ0n) is 9.62. The van der Waals surface area contributed by atoms with Crippen molar-refractivity contribution in [2.24, 2.45) is 0 Å². The quantitative estimate of drug-likeness (QED) is 0.778. The molecule has 0 aliphatic carbocycles. The van der Waals surface area contributed by atoms with E-state index in [1.165, 1.54) is 7.11 Å². The fourth-order valence-corrected chi connectivity index (χ4v) is 1.98. The standard InChI is InChI=1S/C11H14INO4/c1-16-9-5-7(11(15)13-3-4-14)8(12)6-10(9)17-2/h5-6,14H,3-4H2,1-2H3,(H,13,15). The van der Waals surface area contributed by atoms with Gasteiger partial charge in [-0.2, -0.15) is 0 Å². The van der Waals surface area contributed by atoms with Gasteiger partial charge in [0.15, 0.2) is 11.5 Å². The van der Waals surface area contributed by atoms with E-state index in [1.54, 1.807) is 19.2 Å². The second-order valence-corrected chi connectivity index (χ2v) is 4.33. The molecule has 0 aliphatic rings. The third kappa shape index (κ3) is 3.47. The van der Waals surface area contributed by atoms with E-state index in [4.69, 9.17) is 14.6 Å². The van der Waals surface area contributed by atoms with Crippen molar-refractivity contribution in [2.45, 2.75) is 0 Å². The number of rotatable bonds is 5. The average Bonchev–Trinajstić information content (AvgIpc) is 2.35. The second-order valence-electron chi connectivity index (χ2n) is 3.17. The minimum absolute atomic E-state index is 0.0877. The molecule has 1 rings (SSSR count). The third-order valence-electron chi connectivity index (χ3n) is 2.12. The molecule has 0 unspecified atom stereocenters.